The lowest BCUT2D eigenvalue weighted by Gasteiger charge is -2.36. The van der Waals surface area contributed by atoms with Crippen molar-refractivity contribution in [1.82, 2.24) is 4.98 Å². The number of carbonyl (C=O) groups excluding carboxylic acids is 3. The zero-order valence-electron chi connectivity index (χ0n) is 19.2. The summed E-state index contributed by atoms with van der Waals surface area (Å²) in [7, 11) is 1.28. The fourth-order valence-corrected chi connectivity index (χ4v) is 6.04. The van der Waals surface area contributed by atoms with Crippen LogP contribution in [-0.2, 0) is 25.5 Å². The fraction of sp³-hybridized carbons (Fsp3) is 0.440. The molecule has 2 aromatic rings. The Hall–Kier alpha value is -3.07. The molecule has 4 unspecified atom stereocenters. The van der Waals surface area contributed by atoms with Crippen molar-refractivity contribution in [3.8, 4) is 0 Å². The van der Waals surface area contributed by atoms with E-state index in [0.29, 0.717) is 18.5 Å². The number of aromatic nitrogens is 1. The van der Waals surface area contributed by atoms with Gasteiger partial charge in [0.2, 0.25) is 0 Å². The molecule has 9 heteroatoms. The molecule has 0 bridgehead atoms. The zero-order valence-corrected chi connectivity index (χ0v) is 20.0. The number of fused-ring (bicyclic) bond motifs is 1. The van der Waals surface area contributed by atoms with E-state index in [1.165, 1.54) is 12.0 Å². The molecular formula is C25H25FN2O5S. The van der Waals surface area contributed by atoms with Crippen LogP contribution in [0.3, 0.4) is 0 Å². The van der Waals surface area contributed by atoms with Gasteiger partial charge < -0.3 is 9.47 Å². The SMILES string of the molecule is CCc1ccc(C2C3=C(OC4CCC(F)CC4C3=O)C(=O)N2c2nc(C)c(C(=O)OC)s2)cc1. The second-order valence-corrected chi connectivity index (χ2v) is 9.83. The van der Waals surface area contributed by atoms with E-state index < -0.39 is 36.1 Å². The molecule has 1 aromatic carbocycles. The molecule has 0 saturated heterocycles. The number of ether oxygens (including phenoxy) is 2. The number of nitrogens with zero attached hydrogens (tertiary/aromatic N) is 2. The Morgan fingerprint density at radius 1 is 1.26 bits per heavy atom. The molecular weight excluding hydrogens is 459 g/mol. The van der Waals surface area contributed by atoms with E-state index in [1.54, 1.807) is 6.92 Å². The van der Waals surface area contributed by atoms with Crippen molar-refractivity contribution in [2.45, 2.75) is 57.8 Å². The average molecular weight is 485 g/mol. The number of benzene rings is 1. The first-order valence-electron chi connectivity index (χ1n) is 11.4. The molecule has 3 heterocycles. The Morgan fingerprint density at radius 3 is 2.68 bits per heavy atom. The largest absolute Gasteiger partial charge is 0.483 e. The minimum atomic E-state index is -1.06. The third kappa shape index (κ3) is 3.53. The monoisotopic (exact) mass is 484 g/mol. The normalized spacial score (nSPS) is 26.3. The summed E-state index contributed by atoms with van der Waals surface area (Å²) in [5.74, 6) is -1.85. The fourth-order valence-electron chi connectivity index (χ4n) is 5.03. The molecule has 1 aromatic heterocycles. The molecule has 1 amide bonds. The number of hydrogen-bond acceptors (Lipinski definition) is 7. The van der Waals surface area contributed by atoms with Crippen LogP contribution in [0.25, 0.3) is 0 Å². The molecule has 1 aliphatic carbocycles. The number of amides is 1. The van der Waals surface area contributed by atoms with Crippen LogP contribution >= 0.6 is 11.3 Å². The van der Waals surface area contributed by atoms with Gasteiger partial charge in [0.1, 0.15) is 17.2 Å². The summed E-state index contributed by atoms with van der Waals surface area (Å²) in [5, 5.41) is 0.282. The molecule has 0 radical (unpaired) electrons. The van der Waals surface area contributed by atoms with Crippen molar-refractivity contribution in [2.24, 2.45) is 5.92 Å². The van der Waals surface area contributed by atoms with Crippen molar-refractivity contribution in [3.63, 3.8) is 0 Å². The first kappa shape index (κ1) is 22.7. The van der Waals surface area contributed by atoms with E-state index in [-0.39, 0.29) is 33.5 Å². The summed E-state index contributed by atoms with van der Waals surface area (Å²) in [4.78, 5) is 45.7. The highest BCUT2D eigenvalue weighted by Gasteiger charge is 2.54. The predicted molar refractivity (Wildman–Crippen MR) is 123 cm³/mol. The lowest BCUT2D eigenvalue weighted by Crippen LogP contribution is -2.42. The number of Topliss-reactive ketones (excluding diaryl/α,β-unsaturated/α-hetero) is 1. The molecule has 1 fully saturated rings. The Kier molecular flexibility index (Phi) is 5.75. The number of anilines is 1. The Bertz CT molecular complexity index is 1200. The standard InChI is InChI=1S/C25H25FN2O5S/c1-4-13-5-7-14(8-6-13)19-18-20(29)16-11-15(26)9-10-17(16)33-21(18)23(30)28(19)25-27-12(2)22(34-25)24(31)32-3/h5-8,15-17,19H,4,9-11H2,1-3H3. The van der Waals surface area contributed by atoms with E-state index >= 15 is 0 Å². The highest BCUT2D eigenvalue weighted by atomic mass is 32.1. The topological polar surface area (TPSA) is 85.8 Å². The number of thiazole rings is 1. The van der Waals surface area contributed by atoms with E-state index in [4.69, 9.17) is 9.47 Å². The lowest BCUT2D eigenvalue weighted by atomic mass is 9.77. The van der Waals surface area contributed by atoms with Crippen molar-refractivity contribution in [3.05, 3.63) is 57.3 Å². The molecule has 178 valence electrons. The first-order chi connectivity index (χ1) is 16.3. The van der Waals surface area contributed by atoms with Gasteiger partial charge in [0, 0.05) is 0 Å². The van der Waals surface area contributed by atoms with Gasteiger partial charge in [0.05, 0.1) is 30.3 Å². The van der Waals surface area contributed by atoms with Crippen molar-refractivity contribution < 1.29 is 28.2 Å². The summed E-state index contributed by atoms with van der Waals surface area (Å²) < 4.78 is 25.1. The summed E-state index contributed by atoms with van der Waals surface area (Å²) in [6.07, 6.45) is 0.0773. The summed E-state index contributed by atoms with van der Waals surface area (Å²) in [6.45, 7) is 3.71. The molecule has 3 aliphatic rings. The van der Waals surface area contributed by atoms with Gasteiger partial charge in [-0.25, -0.2) is 14.2 Å². The van der Waals surface area contributed by atoms with Crippen LogP contribution in [0.4, 0.5) is 9.52 Å². The van der Waals surface area contributed by atoms with E-state index in [9.17, 15) is 18.8 Å². The van der Waals surface area contributed by atoms with Crippen molar-refractivity contribution in [2.75, 3.05) is 12.0 Å². The van der Waals surface area contributed by atoms with Crippen LogP contribution in [0, 0.1) is 12.8 Å². The zero-order chi connectivity index (χ0) is 24.1. The number of halogens is 1. The Labute approximate surface area is 200 Å². The minimum Gasteiger partial charge on any atom is -0.483 e. The van der Waals surface area contributed by atoms with Crippen LogP contribution in [0.2, 0.25) is 0 Å². The Morgan fingerprint density at radius 2 is 2.00 bits per heavy atom. The number of rotatable bonds is 4. The number of esters is 1. The quantitative estimate of drug-likeness (QED) is 0.603. The molecule has 1 saturated carbocycles. The predicted octanol–water partition coefficient (Wildman–Crippen LogP) is 4.25. The van der Waals surface area contributed by atoms with Gasteiger partial charge >= 0.3 is 5.97 Å². The smallest absolute Gasteiger partial charge is 0.350 e. The van der Waals surface area contributed by atoms with Crippen LogP contribution < -0.4 is 4.90 Å². The van der Waals surface area contributed by atoms with Gasteiger partial charge in [0.15, 0.2) is 16.7 Å². The van der Waals surface area contributed by atoms with Crippen LogP contribution in [0.5, 0.6) is 0 Å². The molecule has 7 nitrogen and oxygen atoms in total. The maximum atomic E-state index is 14.2. The number of aryl methyl sites for hydroxylation is 2. The molecule has 0 spiro atoms. The molecule has 2 aliphatic heterocycles. The maximum absolute atomic E-state index is 14.2. The summed E-state index contributed by atoms with van der Waals surface area (Å²) in [6, 6.07) is 6.93. The molecule has 0 N–H and O–H groups in total. The Balaban J connectivity index is 1.63. The molecule has 5 rings (SSSR count). The third-order valence-corrected chi connectivity index (χ3v) is 7.99. The van der Waals surface area contributed by atoms with Gasteiger partial charge in [-0.15, -0.1) is 0 Å². The van der Waals surface area contributed by atoms with Crippen LogP contribution in [0.15, 0.2) is 35.6 Å². The minimum absolute atomic E-state index is 0.0144. The second kappa shape index (κ2) is 8.61. The first-order valence-corrected chi connectivity index (χ1v) is 12.2. The average Bonchev–Trinajstić information content (AvgIpc) is 3.36. The van der Waals surface area contributed by atoms with E-state index in [2.05, 4.69) is 4.98 Å². The lowest BCUT2D eigenvalue weighted by molar-refractivity contribution is -0.133. The van der Waals surface area contributed by atoms with Gasteiger partial charge in [-0.3, -0.25) is 14.5 Å². The highest BCUT2D eigenvalue weighted by Crippen LogP contribution is 2.49. The number of ketones is 1. The summed E-state index contributed by atoms with van der Waals surface area (Å²) >= 11 is 1.04. The third-order valence-electron chi connectivity index (χ3n) is 6.85. The van der Waals surface area contributed by atoms with Gasteiger partial charge in [-0.05, 0) is 43.7 Å². The van der Waals surface area contributed by atoms with Gasteiger partial charge in [-0.2, -0.15) is 0 Å². The van der Waals surface area contributed by atoms with Gasteiger partial charge in [0.25, 0.3) is 5.91 Å². The number of hydrogen-bond donors (Lipinski definition) is 0. The summed E-state index contributed by atoms with van der Waals surface area (Å²) in [5.41, 5.74) is 2.53. The van der Waals surface area contributed by atoms with E-state index in [1.807, 2.05) is 31.2 Å². The van der Waals surface area contributed by atoms with Gasteiger partial charge in [-0.1, -0.05) is 42.5 Å². The van der Waals surface area contributed by atoms with E-state index in [0.717, 1.165) is 28.9 Å². The highest BCUT2D eigenvalue weighted by molar-refractivity contribution is 7.17. The number of methoxy groups -OCH3 is 1. The number of carbonyl (C=O) groups is 3. The second-order valence-electron chi connectivity index (χ2n) is 8.86. The van der Waals surface area contributed by atoms with Crippen LogP contribution in [-0.4, -0.2) is 42.0 Å². The number of alkyl halides is 1. The van der Waals surface area contributed by atoms with Crippen molar-refractivity contribution in [1.29, 1.82) is 0 Å². The maximum Gasteiger partial charge on any atom is 0.350 e. The molecule has 4 atom stereocenters. The van der Waals surface area contributed by atoms with Crippen LogP contribution in [0.1, 0.15) is 58.7 Å². The van der Waals surface area contributed by atoms with Crippen molar-refractivity contribution >= 4 is 34.1 Å². The molecule has 34 heavy (non-hydrogen) atoms.